The van der Waals surface area contributed by atoms with E-state index >= 15 is 0 Å². The van der Waals surface area contributed by atoms with Crippen LogP contribution >= 0.6 is 11.6 Å². The van der Waals surface area contributed by atoms with Gasteiger partial charge in [-0.05, 0) is 48.4 Å². The fourth-order valence-electron chi connectivity index (χ4n) is 1.99. The van der Waals surface area contributed by atoms with Crippen LogP contribution in [-0.4, -0.2) is 23.0 Å². The summed E-state index contributed by atoms with van der Waals surface area (Å²) in [5.74, 6) is -2.20. The molecule has 0 aromatic heterocycles. The summed E-state index contributed by atoms with van der Waals surface area (Å²) in [6, 6.07) is 10.2. The smallest absolute Gasteiger partial charge is 0.336 e. The number of hydrazone groups is 1. The molecule has 0 atom stereocenters. The Bertz CT molecular complexity index is 865. The molecule has 8 nitrogen and oxygen atoms in total. The number of anilines is 1. The molecule has 0 heterocycles. The lowest BCUT2D eigenvalue weighted by atomic mass is 10.2. The zero-order chi connectivity index (χ0) is 18.6. The molecule has 2 aromatic rings. The maximum absolute atomic E-state index is 12.1. The first-order valence-corrected chi connectivity index (χ1v) is 7.36. The molecule has 0 bridgehead atoms. The lowest BCUT2D eigenvalue weighted by Gasteiger charge is -2.17. The molecule has 0 saturated heterocycles. The third kappa shape index (κ3) is 4.39. The van der Waals surface area contributed by atoms with E-state index in [1.54, 1.807) is 19.1 Å². The molecule has 0 radical (unpaired) electrons. The van der Waals surface area contributed by atoms with E-state index in [4.69, 9.17) is 17.3 Å². The van der Waals surface area contributed by atoms with Crippen molar-refractivity contribution in [1.29, 1.82) is 0 Å². The van der Waals surface area contributed by atoms with Gasteiger partial charge < -0.3 is 5.73 Å². The van der Waals surface area contributed by atoms with Crippen LogP contribution in [0.25, 0.3) is 0 Å². The fraction of sp³-hybridized carbons (Fsp3) is 0.0625. The van der Waals surface area contributed by atoms with Gasteiger partial charge in [0.25, 0.3) is 5.69 Å². The quantitative estimate of drug-likeness (QED) is 0.389. The van der Waals surface area contributed by atoms with Crippen LogP contribution in [0.3, 0.4) is 0 Å². The number of benzene rings is 2. The van der Waals surface area contributed by atoms with Crippen molar-refractivity contribution in [3.05, 3.63) is 68.7 Å². The Hall–Kier alpha value is -3.26. The SMILES string of the molecule is Cc1cc(Cl)ccc1N(N=Cc1ccc([N+](=O)[O-])cc1)C(=O)C(N)=O. The van der Waals surface area contributed by atoms with Crippen LogP contribution in [0.4, 0.5) is 11.4 Å². The van der Waals surface area contributed by atoms with Crippen LogP contribution in [0.2, 0.25) is 5.02 Å². The number of carbonyl (C=O) groups is 2. The zero-order valence-electron chi connectivity index (χ0n) is 13.0. The van der Waals surface area contributed by atoms with Gasteiger partial charge in [0.05, 0.1) is 16.8 Å². The highest BCUT2D eigenvalue weighted by atomic mass is 35.5. The molecule has 128 valence electrons. The molecule has 0 spiro atoms. The normalized spacial score (nSPS) is 10.6. The van der Waals surface area contributed by atoms with Crippen LogP contribution in [-0.2, 0) is 9.59 Å². The Morgan fingerprint density at radius 3 is 2.40 bits per heavy atom. The maximum atomic E-state index is 12.1. The van der Waals surface area contributed by atoms with Gasteiger partial charge in [-0.1, -0.05) is 11.6 Å². The monoisotopic (exact) mass is 360 g/mol. The zero-order valence-corrected chi connectivity index (χ0v) is 13.8. The third-order valence-electron chi connectivity index (χ3n) is 3.22. The predicted octanol–water partition coefficient (Wildman–Crippen LogP) is 2.41. The Morgan fingerprint density at radius 1 is 1.24 bits per heavy atom. The summed E-state index contributed by atoms with van der Waals surface area (Å²) in [6.45, 7) is 1.70. The van der Waals surface area contributed by atoms with E-state index in [1.165, 1.54) is 36.5 Å². The molecule has 0 aliphatic rings. The highest BCUT2D eigenvalue weighted by Crippen LogP contribution is 2.24. The Morgan fingerprint density at radius 2 is 1.88 bits per heavy atom. The van der Waals surface area contributed by atoms with Gasteiger partial charge >= 0.3 is 11.8 Å². The first-order valence-electron chi connectivity index (χ1n) is 6.98. The van der Waals surface area contributed by atoms with E-state index in [-0.39, 0.29) is 5.69 Å². The molecule has 0 aliphatic carbocycles. The number of nitro groups is 1. The van der Waals surface area contributed by atoms with E-state index in [2.05, 4.69) is 5.10 Å². The van der Waals surface area contributed by atoms with Gasteiger partial charge in [0, 0.05) is 17.2 Å². The molecule has 25 heavy (non-hydrogen) atoms. The Balaban J connectivity index is 2.37. The van der Waals surface area contributed by atoms with Crippen molar-refractivity contribution < 1.29 is 14.5 Å². The lowest BCUT2D eigenvalue weighted by molar-refractivity contribution is -0.384. The average Bonchev–Trinajstić information content (AvgIpc) is 2.56. The highest BCUT2D eigenvalue weighted by Gasteiger charge is 2.22. The van der Waals surface area contributed by atoms with Crippen LogP contribution in [0.1, 0.15) is 11.1 Å². The van der Waals surface area contributed by atoms with Crippen LogP contribution in [0.5, 0.6) is 0 Å². The van der Waals surface area contributed by atoms with E-state index < -0.39 is 16.7 Å². The molecular weight excluding hydrogens is 348 g/mol. The summed E-state index contributed by atoms with van der Waals surface area (Å²) >= 11 is 5.89. The summed E-state index contributed by atoms with van der Waals surface area (Å²) < 4.78 is 0. The van der Waals surface area contributed by atoms with Gasteiger partial charge in [-0.25, -0.2) is 0 Å². The number of primary amides is 1. The first kappa shape index (κ1) is 18.1. The highest BCUT2D eigenvalue weighted by molar-refractivity contribution is 6.40. The number of nitro benzene ring substituents is 1. The molecule has 0 unspecified atom stereocenters. The first-order chi connectivity index (χ1) is 11.8. The molecule has 0 aliphatic heterocycles. The van der Waals surface area contributed by atoms with Crippen molar-refractivity contribution in [3.63, 3.8) is 0 Å². The van der Waals surface area contributed by atoms with Gasteiger partial charge in [-0.15, -0.1) is 0 Å². The third-order valence-corrected chi connectivity index (χ3v) is 3.45. The van der Waals surface area contributed by atoms with Crippen molar-refractivity contribution in [3.8, 4) is 0 Å². The molecule has 0 fully saturated rings. The van der Waals surface area contributed by atoms with Crippen molar-refractivity contribution in [2.24, 2.45) is 10.8 Å². The molecule has 2 rings (SSSR count). The van der Waals surface area contributed by atoms with Crippen LogP contribution < -0.4 is 10.7 Å². The number of halogens is 1. The number of non-ortho nitro benzene ring substituents is 1. The number of nitrogens with zero attached hydrogens (tertiary/aromatic N) is 3. The molecule has 2 N–H and O–H groups in total. The predicted molar refractivity (Wildman–Crippen MR) is 93.6 cm³/mol. The summed E-state index contributed by atoms with van der Waals surface area (Å²) in [5.41, 5.74) is 6.45. The lowest BCUT2D eigenvalue weighted by Crippen LogP contribution is -2.37. The largest absolute Gasteiger partial charge is 0.361 e. The van der Waals surface area contributed by atoms with E-state index in [1.807, 2.05) is 0 Å². The van der Waals surface area contributed by atoms with E-state index in [9.17, 15) is 19.7 Å². The fourth-order valence-corrected chi connectivity index (χ4v) is 2.22. The molecule has 2 aromatic carbocycles. The number of carbonyl (C=O) groups excluding carboxylic acids is 2. The Kier molecular flexibility index (Phi) is 5.45. The van der Waals surface area contributed by atoms with E-state index in [0.29, 0.717) is 21.8 Å². The molecular formula is C16H13ClN4O4. The van der Waals surface area contributed by atoms with Gasteiger partial charge in [0.15, 0.2) is 0 Å². The average molecular weight is 361 g/mol. The number of hydrogen-bond donors (Lipinski definition) is 1. The summed E-state index contributed by atoms with van der Waals surface area (Å²) in [5, 5.41) is 16.0. The van der Waals surface area contributed by atoms with E-state index in [0.717, 1.165) is 5.01 Å². The molecule has 0 saturated carbocycles. The Labute approximate surface area is 147 Å². The van der Waals surface area contributed by atoms with Crippen molar-refractivity contribution in [2.45, 2.75) is 6.92 Å². The second-order valence-corrected chi connectivity index (χ2v) is 5.44. The van der Waals surface area contributed by atoms with Crippen molar-refractivity contribution in [1.82, 2.24) is 0 Å². The maximum Gasteiger partial charge on any atom is 0.336 e. The number of nitrogens with two attached hydrogens (primary N) is 1. The molecule has 2 amide bonds. The standard InChI is InChI=1S/C16H13ClN4O4/c1-10-8-12(17)4-7-14(10)20(16(23)15(18)22)19-9-11-2-5-13(6-3-11)21(24)25/h2-9H,1H3,(H2,18,22). The molecule has 9 heteroatoms. The second-order valence-electron chi connectivity index (χ2n) is 5.01. The van der Waals surface area contributed by atoms with Crippen LogP contribution in [0, 0.1) is 17.0 Å². The topological polar surface area (TPSA) is 119 Å². The van der Waals surface area contributed by atoms with Gasteiger partial charge in [0.2, 0.25) is 0 Å². The van der Waals surface area contributed by atoms with Crippen molar-refractivity contribution in [2.75, 3.05) is 5.01 Å². The minimum atomic E-state index is -1.17. The number of rotatable bonds is 4. The summed E-state index contributed by atoms with van der Waals surface area (Å²) in [6.07, 6.45) is 1.29. The second kappa shape index (κ2) is 7.54. The number of hydrogen-bond acceptors (Lipinski definition) is 5. The summed E-state index contributed by atoms with van der Waals surface area (Å²) in [4.78, 5) is 33.5. The van der Waals surface area contributed by atoms with Gasteiger partial charge in [-0.2, -0.15) is 10.1 Å². The summed E-state index contributed by atoms with van der Waals surface area (Å²) in [7, 11) is 0. The minimum absolute atomic E-state index is 0.0734. The number of amides is 2. The van der Waals surface area contributed by atoms with Crippen molar-refractivity contribution >= 4 is 41.0 Å². The van der Waals surface area contributed by atoms with Gasteiger partial charge in [0.1, 0.15) is 0 Å². The minimum Gasteiger partial charge on any atom is -0.361 e. The van der Waals surface area contributed by atoms with Crippen LogP contribution in [0.15, 0.2) is 47.6 Å². The number of aryl methyl sites for hydroxylation is 1. The van der Waals surface area contributed by atoms with Gasteiger partial charge in [-0.3, -0.25) is 19.7 Å².